The molecule has 4 aromatic rings. The fraction of sp³-hybridized carbons (Fsp3) is 0.152. The Kier molecular flexibility index (Phi) is 7.62. The summed E-state index contributed by atoms with van der Waals surface area (Å²) < 4.78 is 20.0. The number of hydrogen-bond acceptors (Lipinski definition) is 4. The summed E-state index contributed by atoms with van der Waals surface area (Å²) in [5, 5.41) is 7.00. The molecule has 1 heterocycles. The first kappa shape index (κ1) is 27.8. The third kappa shape index (κ3) is 5.33. The van der Waals surface area contributed by atoms with Crippen molar-refractivity contribution in [1.82, 2.24) is 0 Å². The molecule has 212 valence electrons. The molecular formula is C33H26Cl2FN3O3. The van der Waals surface area contributed by atoms with Crippen LogP contribution in [0.25, 0.3) is 0 Å². The number of methoxy groups -OCH3 is 1. The normalized spacial score (nSPS) is 18.0. The van der Waals surface area contributed by atoms with Gasteiger partial charge >= 0.3 is 6.03 Å². The lowest BCUT2D eigenvalue weighted by atomic mass is 9.78. The Morgan fingerprint density at radius 3 is 2.45 bits per heavy atom. The van der Waals surface area contributed by atoms with Crippen LogP contribution in [0.15, 0.2) is 102 Å². The van der Waals surface area contributed by atoms with Crippen LogP contribution >= 0.6 is 23.2 Å². The fourth-order valence-corrected chi connectivity index (χ4v) is 5.97. The van der Waals surface area contributed by atoms with Gasteiger partial charge in [0.2, 0.25) is 0 Å². The number of rotatable bonds is 4. The first-order valence-electron chi connectivity index (χ1n) is 13.4. The molecule has 2 amide bonds. The molecule has 6 nitrogen and oxygen atoms in total. The van der Waals surface area contributed by atoms with Gasteiger partial charge in [-0.25, -0.2) is 9.18 Å². The van der Waals surface area contributed by atoms with Crippen LogP contribution < -0.4 is 20.3 Å². The van der Waals surface area contributed by atoms with Gasteiger partial charge in [0, 0.05) is 23.4 Å². The van der Waals surface area contributed by atoms with Gasteiger partial charge in [-0.15, -0.1) is 0 Å². The van der Waals surface area contributed by atoms with Crippen LogP contribution in [0.2, 0.25) is 10.0 Å². The van der Waals surface area contributed by atoms with E-state index < -0.39 is 17.9 Å². The summed E-state index contributed by atoms with van der Waals surface area (Å²) in [7, 11) is 1.61. The predicted octanol–water partition coefficient (Wildman–Crippen LogP) is 8.75. The number of urea groups is 1. The van der Waals surface area contributed by atoms with Crippen molar-refractivity contribution in [2.45, 2.75) is 24.8 Å². The number of anilines is 3. The number of carbonyl (C=O) groups excluding carboxylic acids is 2. The average molecular weight is 602 g/mol. The SMILES string of the molecule is COc1ccc(C2CC(=O)C3=C(C2)Nc2ccccc2N(C(=O)Nc2ccc(Cl)c(Cl)c2)C3c2cccc(F)c2)cc1. The molecule has 0 bridgehead atoms. The number of para-hydroxylation sites is 2. The van der Waals surface area contributed by atoms with Crippen LogP contribution in [0.3, 0.4) is 0 Å². The molecule has 2 N–H and O–H groups in total. The zero-order valence-electron chi connectivity index (χ0n) is 22.5. The number of allylic oxidation sites excluding steroid dienone is 1. The first-order valence-corrected chi connectivity index (χ1v) is 14.1. The average Bonchev–Trinajstić information content (AvgIpc) is 3.14. The Hall–Kier alpha value is -4.33. The van der Waals surface area contributed by atoms with Crippen molar-refractivity contribution in [3.63, 3.8) is 0 Å². The quantitative estimate of drug-likeness (QED) is 0.245. The van der Waals surface area contributed by atoms with Gasteiger partial charge in [-0.1, -0.05) is 59.6 Å². The number of benzene rings is 4. The van der Waals surface area contributed by atoms with Gasteiger partial charge in [0.1, 0.15) is 11.6 Å². The van der Waals surface area contributed by atoms with Crippen LogP contribution in [-0.4, -0.2) is 18.9 Å². The Balaban J connectivity index is 1.49. The van der Waals surface area contributed by atoms with E-state index in [4.69, 9.17) is 27.9 Å². The lowest BCUT2D eigenvalue weighted by Gasteiger charge is -2.35. The summed E-state index contributed by atoms with van der Waals surface area (Å²) in [4.78, 5) is 29.8. The van der Waals surface area contributed by atoms with Crippen LogP contribution in [0.4, 0.5) is 26.2 Å². The molecule has 1 aliphatic heterocycles. The molecule has 0 saturated carbocycles. The maximum Gasteiger partial charge on any atom is 0.327 e. The van der Waals surface area contributed by atoms with Crippen molar-refractivity contribution < 1.29 is 18.7 Å². The highest BCUT2D eigenvalue weighted by Gasteiger charge is 2.42. The highest BCUT2D eigenvalue weighted by atomic mass is 35.5. The van der Waals surface area contributed by atoms with Crippen LogP contribution in [0, 0.1) is 5.82 Å². The summed E-state index contributed by atoms with van der Waals surface area (Å²) in [6.07, 6.45) is 0.757. The summed E-state index contributed by atoms with van der Waals surface area (Å²) in [5.41, 5.74) is 4.20. The van der Waals surface area contributed by atoms with Gasteiger partial charge in [-0.05, 0) is 78.1 Å². The smallest absolute Gasteiger partial charge is 0.327 e. The van der Waals surface area contributed by atoms with E-state index >= 15 is 0 Å². The topological polar surface area (TPSA) is 70.7 Å². The van der Waals surface area contributed by atoms with Crippen molar-refractivity contribution in [2.75, 3.05) is 22.6 Å². The van der Waals surface area contributed by atoms with Gasteiger partial charge in [-0.2, -0.15) is 0 Å². The molecule has 0 fully saturated rings. The standard InChI is InChI=1S/C33H26Cl2FN3O3/c1-42-24-12-9-19(10-13-24)21-16-28-31(30(40)17-21)32(20-5-4-6-22(36)15-20)39(29-8-3-2-7-27(29)38-28)33(41)37-23-11-14-25(34)26(35)18-23/h2-15,18,21,32,38H,16-17H2,1H3,(H,37,41). The number of Topliss-reactive ketones (excluding diaryl/α,β-unsaturated/α-hetero) is 1. The number of ether oxygens (including phenoxy) is 1. The molecule has 6 rings (SSSR count). The first-order chi connectivity index (χ1) is 20.3. The summed E-state index contributed by atoms with van der Waals surface area (Å²) in [6, 6.07) is 24.4. The van der Waals surface area contributed by atoms with Gasteiger partial charge in [0.05, 0.1) is 34.6 Å². The summed E-state index contributed by atoms with van der Waals surface area (Å²) in [6.45, 7) is 0. The number of nitrogens with one attached hydrogen (secondary N) is 2. The molecule has 2 aliphatic rings. The second-order valence-electron chi connectivity index (χ2n) is 10.2. The molecule has 42 heavy (non-hydrogen) atoms. The van der Waals surface area contributed by atoms with E-state index in [0.717, 1.165) is 11.3 Å². The third-order valence-electron chi connectivity index (χ3n) is 7.63. The summed E-state index contributed by atoms with van der Waals surface area (Å²) >= 11 is 12.3. The zero-order valence-corrected chi connectivity index (χ0v) is 24.0. The number of nitrogens with zero attached hydrogens (tertiary/aromatic N) is 1. The van der Waals surface area contributed by atoms with Gasteiger partial charge in [-0.3, -0.25) is 9.69 Å². The predicted molar refractivity (Wildman–Crippen MR) is 164 cm³/mol. The number of carbonyl (C=O) groups is 2. The van der Waals surface area contributed by atoms with E-state index in [1.54, 1.807) is 43.5 Å². The summed E-state index contributed by atoms with van der Waals surface area (Å²) in [5.74, 6) is 0.0481. The number of fused-ring (bicyclic) bond motifs is 1. The Morgan fingerprint density at radius 1 is 0.929 bits per heavy atom. The Labute approximate surface area is 252 Å². The van der Waals surface area contributed by atoms with E-state index in [-0.39, 0.29) is 23.1 Å². The number of amides is 2. The lowest BCUT2D eigenvalue weighted by Crippen LogP contribution is -2.41. The van der Waals surface area contributed by atoms with Crippen molar-refractivity contribution in [3.05, 3.63) is 129 Å². The fourth-order valence-electron chi connectivity index (χ4n) is 5.68. The molecule has 0 aromatic heterocycles. The van der Waals surface area contributed by atoms with E-state index in [0.29, 0.717) is 45.3 Å². The number of hydrogen-bond donors (Lipinski definition) is 2. The second-order valence-corrected chi connectivity index (χ2v) is 11.0. The Morgan fingerprint density at radius 2 is 1.71 bits per heavy atom. The maximum absolute atomic E-state index is 14.7. The molecular weight excluding hydrogens is 576 g/mol. The Bertz CT molecular complexity index is 1720. The van der Waals surface area contributed by atoms with Crippen LogP contribution in [-0.2, 0) is 4.79 Å². The minimum Gasteiger partial charge on any atom is -0.497 e. The van der Waals surface area contributed by atoms with Crippen LogP contribution in [0.1, 0.15) is 35.9 Å². The highest BCUT2D eigenvalue weighted by Crippen LogP contribution is 2.47. The van der Waals surface area contributed by atoms with Crippen molar-refractivity contribution in [2.24, 2.45) is 0 Å². The highest BCUT2D eigenvalue weighted by molar-refractivity contribution is 6.42. The molecule has 0 radical (unpaired) electrons. The number of halogens is 3. The minimum atomic E-state index is -0.904. The van der Waals surface area contributed by atoms with Crippen molar-refractivity contribution >= 4 is 52.1 Å². The molecule has 2 atom stereocenters. The van der Waals surface area contributed by atoms with E-state index in [9.17, 15) is 14.0 Å². The van der Waals surface area contributed by atoms with Gasteiger partial charge < -0.3 is 15.4 Å². The molecule has 2 unspecified atom stereocenters. The third-order valence-corrected chi connectivity index (χ3v) is 8.37. The zero-order chi connectivity index (χ0) is 29.4. The molecule has 9 heteroatoms. The van der Waals surface area contributed by atoms with Crippen molar-refractivity contribution in [3.8, 4) is 5.75 Å². The number of ketones is 1. The van der Waals surface area contributed by atoms with Crippen molar-refractivity contribution in [1.29, 1.82) is 0 Å². The van der Waals surface area contributed by atoms with E-state index in [2.05, 4.69) is 10.6 Å². The monoisotopic (exact) mass is 601 g/mol. The molecule has 4 aromatic carbocycles. The van der Waals surface area contributed by atoms with Gasteiger partial charge in [0.15, 0.2) is 5.78 Å². The van der Waals surface area contributed by atoms with Crippen LogP contribution in [0.5, 0.6) is 5.75 Å². The minimum absolute atomic E-state index is 0.0911. The largest absolute Gasteiger partial charge is 0.497 e. The van der Waals surface area contributed by atoms with E-state index in [1.165, 1.54) is 17.0 Å². The molecule has 0 saturated heterocycles. The maximum atomic E-state index is 14.7. The molecule has 1 aliphatic carbocycles. The van der Waals surface area contributed by atoms with Gasteiger partial charge in [0.25, 0.3) is 0 Å². The van der Waals surface area contributed by atoms with E-state index in [1.807, 2.05) is 42.5 Å². The molecule has 0 spiro atoms. The second kappa shape index (κ2) is 11.5. The lowest BCUT2D eigenvalue weighted by molar-refractivity contribution is -0.116.